The molecule has 0 unspecified atom stereocenters. The van der Waals surface area contributed by atoms with Crippen LogP contribution in [0.3, 0.4) is 0 Å². The number of benzene rings is 1. The molecule has 0 saturated carbocycles. The van der Waals surface area contributed by atoms with Gasteiger partial charge in [0.1, 0.15) is 0 Å². The molecule has 15 heavy (non-hydrogen) atoms. The minimum Gasteiger partial charge on any atom is -0.393 e. The van der Waals surface area contributed by atoms with Gasteiger partial charge in [-0.15, -0.1) is 11.8 Å². The second-order valence-corrected chi connectivity index (χ2v) is 5.37. The van der Waals surface area contributed by atoms with Crippen LogP contribution < -0.4 is 0 Å². The van der Waals surface area contributed by atoms with Crippen LogP contribution in [0.2, 0.25) is 0 Å². The summed E-state index contributed by atoms with van der Waals surface area (Å²) in [5.74, 6) is -0.197. The average Bonchev–Trinajstić information content (AvgIpc) is 2.17. The first-order valence-corrected chi connectivity index (χ1v) is 5.97. The van der Waals surface area contributed by atoms with Crippen LogP contribution in [0.15, 0.2) is 29.2 Å². The fraction of sp³-hybridized carbons (Fsp3) is 0.417. The SMILES string of the molecule is C[C@@H](O)[C@@H]1C(=O)c2ccccc2S[C@@H]1C. The normalized spacial score (nSPS) is 27.3. The van der Waals surface area contributed by atoms with Crippen LogP contribution in [0.5, 0.6) is 0 Å². The molecule has 0 aromatic heterocycles. The molecule has 2 nitrogen and oxygen atoms in total. The van der Waals surface area contributed by atoms with E-state index in [4.69, 9.17) is 0 Å². The second-order valence-electron chi connectivity index (χ2n) is 3.95. The molecule has 0 aliphatic carbocycles. The Morgan fingerprint density at radius 3 is 2.73 bits per heavy atom. The number of rotatable bonds is 1. The van der Waals surface area contributed by atoms with Gasteiger partial charge in [0, 0.05) is 15.7 Å². The molecular formula is C12H14O2S. The van der Waals surface area contributed by atoms with Crippen LogP contribution in [0, 0.1) is 5.92 Å². The average molecular weight is 222 g/mol. The van der Waals surface area contributed by atoms with Gasteiger partial charge in [0.25, 0.3) is 0 Å². The summed E-state index contributed by atoms with van der Waals surface area (Å²) in [5.41, 5.74) is 0.756. The predicted octanol–water partition coefficient (Wildman–Crippen LogP) is 2.36. The van der Waals surface area contributed by atoms with Crippen molar-refractivity contribution in [1.82, 2.24) is 0 Å². The molecule has 80 valence electrons. The van der Waals surface area contributed by atoms with E-state index < -0.39 is 6.10 Å². The van der Waals surface area contributed by atoms with E-state index in [1.807, 2.05) is 31.2 Å². The molecule has 1 aliphatic rings. The minimum absolute atomic E-state index is 0.0758. The molecule has 0 bridgehead atoms. The highest BCUT2D eigenvalue weighted by atomic mass is 32.2. The van der Waals surface area contributed by atoms with E-state index in [1.165, 1.54) is 0 Å². The number of Topliss-reactive ketones (excluding diaryl/α,β-unsaturated/α-hetero) is 1. The number of fused-ring (bicyclic) bond motifs is 1. The Labute approximate surface area is 93.7 Å². The molecule has 1 aromatic rings. The highest BCUT2D eigenvalue weighted by molar-refractivity contribution is 8.00. The van der Waals surface area contributed by atoms with Crippen LogP contribution in [0.1, 0.15) is 24.2 Å². The van der Waals surface area contributed by atoms with E-state index >= 15 is 0 Å². The molecule has 0 fully saturated rings. The van der Waals surface area contributed by atoms with Gasteiger partial charge in [-0.05, 0) is 13.0 Å². The van der Waals surface area contributed by atoms with Crippen LogP contribution >= 0.6 is 11.8 Å². The first kappa shape index (κ1) is 10.7. The Kier molecular flexibility index (Phi) is 2.85. The summed E-state index contributed by atoms with van der Waals surface area (Å²) in [6, 6.07) is 7.61. The van der Waals surface area contributed by atoms with E-state index in [-0.39, 0.29) is 17.0 Å². The monoisotopic (exact) mass is 222 g/mol. The van der Waals surface area contributed by atoms with Crippen molar-refractivity contribution in [2.75, 3.05) is 0 Å². The van der Waals surface area contributed by atoms with Crippen LogP contribution in [-0.2, 0) is 0 Å². The highest BCUT2D eigenvalue weighted by Crippen LogP contribution is 2.39. The lowest BCUT2D eigenvalue weighted by atomic mass is 9.90. The summed E-state index contributed by atoms with van der Waals surface area (Å²) in [4.78, 5) is 13.1. The van der Waals surface area contributed by atoms with E-state index in [2.05, 4.69) is 0 Å². The molecule has 1 aliphatic heterocycles. The number of ketones is 1. The van der Waals surface area contributed by atoms with E-state index in [0.717, 1.165) is 10.5 Å². The molecule has 1 aromatic carbocycles. The number of thioether (sulfide) groups is 1. The zero-order valence-electron chi connectivity index (χ0n) is 8.81. The van der Waals surface area contributed by atoms with Gasteiger partial charge in [-0.1, -0.05) is 25.1 Å². The number of aliphatic hydroxyl groups is 1. The first-order chi connectivity index (χ1) is 7.11. The number of hydrogen-bond acceptors (Lipinski definition) is 3. The van der Waals surface area contributed by atoms with Gasteiger partial charge in [0.05, 0.1) is 12.0 Å². The third-order valence-electron chi connectivity index (χ3n) is 2.79. The highest BCUT2D eigenvalue weighted by Gasteiger charge is 2.36. The topological polar surface area (TPSA) is 37.3 Å². The molecule has 0 radical (unpaired) electrons. The van der Waals surface area contributed by atoms with Crippen molar-refractivity contribution in [1.29, 1.82) is 0 Å². The zero-order chi connectivity index (χ0) is 11.0. The maximum Gasteiger partial charge on any atom is 0.170 e. The van der Waals surface area contributed by atoms with Crippen molar-refractivity contribution < 1.29 is 9.90 Å². The van der Waals surface area contributed by atoms with Crippen molar-refractivity contribution in [3.63, 3.8) is 0 Å². The van der Waals surface area contributed by atoms with E-state index in [0.29, 0.717) is 0 Å². The second kappa shape index (κ2) is 3.99. The van der Waals surface area contributed by atoms with E-state index in [1.54, 1.807) is 18.7 Å². The molecule has 3 heteroatoms. The lowest BCUT2D eigenvalue weighted by Crippen LogP contribution is -2.36. The first-order valence-electron chi connectivity index (χ1n) is 5.09. The summed E-state index contributed by atoms with van der Waals surface area (Å²) in [5, 5.41) is 9.76. The lowest BCUT2D eigenvalue weighted by Gasteiger charge is -2.30. The minimum atomic E-state index is -0.576. The van der Waals surface area contributed by atoms with Crippen molar-refractivity contribution >= 4 is 17.5 Å². The maximum absolute atomic E-state index is 12.1. The molecule has 3 atom stereocenters. The number of aliphatic hydroxyl groups excluding tert-OH is 1. The molecule has 0 spiro atoms. The third kappa shape index (κ3) is 1.82. The smallest absolute Gasteiger partial charge is 0.170 e. The van der Waals surface area contributed by atoms with Crippen molar-refractivity contribution in [3.05, 3.63) is 29.8 Å². The third-order valence-corrected chi connectivity index (χ3v) is 4.07. The van der Waals surface area contributed by atoms with Gasteiger partial charge >= 0.3 is 0 Å². The van der Waals surface area contributed by atoms with Crippen molar-refractivity contribution in [2.45, 2.75) is 30.1 Å². The van der Waals surface area contributed by atoms with Crippen molar-refractivity contribution in [2.24, 2.45) is 5.92 Å². The van der Waals surface area contributed by atoms with Gasteiger partial charge in [-0.25, -0.2) is 0 Å². The number of hydrogen-bond donors (Lipinski definition) is 1. The van der Waals surface area contributed by atoms with Gasteiger partial charge in [0.15, 0.2) is 5.78 Å². The number of carbonyl (C=O) groups excluding carboxylic acids is 1. The molecular weight excluding hydrogens is 208 g/mol. The zero-order valence-corrected chi connectivity index (χ0v) is 9.62. The Balaban J connectivity index is 2.43. The molecule has 1 heterocycles. The van der Waals surface area contributed by atoms with Crippen LogP contribution in [0.25, 0.3) is 0 Å². The van der Waals surface area contributed by atoms with Gasteiger partial charge in [-0.3, -0.25) is 4.79 Å². The molecule has 2 rings (SSSR count). The van der Waals surface area contributed by atoms with E-state index in [9.17, 15) is 9.90 Å². The summed E-state index contributed by atoms with van der Waals surface area (Å²) in [7, 11) is 0. The van der Waals surface area contributed by atoms with Gasteiger partial charge in [-0.2, -0.15) is 0 Å². The summed E-state index contributed by atoms with van der Waals surface area (Å²) in [6.07, 6.45) is -0.576. The molecule has 0 saturated heterocycles. The Hall–Kier alpha value is -0.800. The Morgan fingerprint density at radius 2 is 2.07 bits per heavy atom. The lowest BCUT2D eigenvalue weighted by molar-refractivity contribution is 0.0720. The van der Waals surface area contributed by atoms with Crippen molar-refractivity contribution in [3.8, 4) is 0 Å². The summed E-state index contributed by atoms with van der Waals surface area (Å²) >= 11 is 1.67. The predicted molar refractivity (Wildman–Crippen MR) is 61.3 cm³/mol. The Morgan fingerprint density at radius 1 is 1.40 bits per heavy atom. The summed E-state index contributed by atoms with van der Waals surface area (Å²) < 4.78 is 0. The Bertz CT molecular complexity index is 387. The fourth-order valence-corrected chi connectivity index (χ4v) is 3.40. The van der Waals surface area contributed by atoms with Crippen LogP contribution in [0.4, 0.5) is 0 Å². The largest absolute Gasteiger partial charge is 0.393 e. The number of carbonyl (C=O) groups is 1. The quantitative estimate of drug-likeness (QED) is 0.792. The van der Waals surface area contributed by atoms with Crippen LogP contribution in [-0.4, -0.2) is 22.2 Å². The van der Waals surface area contributed by atoms with Gasteiger partial charge < -0.3 is 5.11 Å². The maximum atomic E-state index is 12.1. The summed E-state index contributed by atoms with van der Waals surface area (Å²) in [6.45, 7) is 3.68. The molecule has 0 amide bonds. The van der Waals surface area contributed by atoms with Gasteiger partial charge in [0.2, 0.25) is 0 Å². The molecule has 1 N–H and O–H groups in total. The standard InChI is InChI=1S/C12H14O2S/c1-7(13)11-8(2)15-10-6-4-3-5-9(10)12(11)14/h3-8,11,13H,1-2H3/t7-,8-,11+/m1/s1. The fourth-order valence-electron chi connectivity index (χ4n) is 2.05.